The summed E-state index contributed by atoms with van der Waals surface area (Å²) in [6.07, 6.45) is 1.46. The Morgan fingerprint density at radius 3 is 2.31 bits per heavy atom. The number of allylic oxidation sites excluding steroid dienone is 2. The van der Waals surface area contributed by atoms with Crippen LogP contribution in [0.5, 0.6) is 0 Å². The molecule has 0 aliphatic rings. The van der Waals surface area contributed by atoms with Gasteiger partial charge in [-0.3, -0.25) is 0 Å². The number of halogens is 1. The van der Waals surface area contributed by atoms with Gasteiger partial charge < -0.3 is 0 Å². The van der Waals surface area contributed by atoms with Crippen molar-refractivity contribution in [3.8, 4) is 0 Å². The first-order chi connectivity index (χ1) is 6.16. The summed E-state index contributed by atoms with van der Waals surface area (Å²) < 4.78 is 13.3. The van der Waals surface area contributed by atoms with Gasteiger partial charge in [-0.25, -0.2) is 4.39 Å². The maximum absolute atomic E-state index is 13.3. The maximum atomic E-state index is 13.3. The Kier molecular flexibility index (Phi) is 3.02. The van der Waals surface area contributed by atoms with E-state index in [1.165, 1.54) is 6.08 Å². The first-order valence-electron chi connectivity index (χ1n) is 4.24. The van der Waals surface area contributed by atoms with E-state index in [0.29, 0.717) is 5.56 Å². The summed E-state index contributed by atoms with van der Waals surface area (Å²) in [5.74, 6) is -0.196. The van der Waals surface area contributed by atoms with Crippen LogP contribution in [0.2, 0.25) is 0 Å². The highest BCUT2D eigenvalue weighted by Crippen LogP contribution is 2.24. The normalized spacial score (nSPS) is 11.5. The molecule has 0 saturated carbocycles. The molecular weight excluding hydrogens is 163 g/mol. The molecule has 0 spiro atoms. The van der Waals surface area contributed by atoms with E-state index in [0.717, 1.165) is 11.1 Å². The highest BCUT2D eigenvalue weighted by atomic mass is 19.1. The van der Waals surface area contributed by atoms with Crippen LogP contribution in [0.25, 0.3) is 11.4 Å². The highest BCUT2D eigenvalue weighted by Gasteiger charge is 2.05. The van der Waals surface area contributed by atoms with Crippen LogP contribution in [0.4, 0.5) is 4.39 Å². The van der Waals surface area contributed by atoms with Crippen molar-refractivity contribution in [2.24, 2.45) is 0 Å². The zero-order valence-electron chi connectivity index (χ0n) is 7.97. The monoisotopic (exact) mass is 176 g/mol. The maximum Gasteiger partial charge on any atom is 0.126 e. The molecule has 1 rings (SSSR count). The average molecular weight is 176 g/mol. The molecule has 0 nitrogen and oxygen atoms in total. The number of hydrogen-bond acceptors (Lipinski definition) is 0. The standard InChI is InChI=1S/C12H13F/c1-4-12(13)11-8-6-5-7-10(11)9(2)3/h4-8H,2H2,1,3H3/b12-4+. The minimum absolute atomic E-state index is 0.196. The number of benzene rings is 1. The first-order valence-corrected chi connectivity index (χ1v) is 4.24. The van der Waals surface area contributed by atoms with E-state index in [2.05, 4.69) is 6.58 Å². The number of hydrogen-bond donors (Lipinski definition) is 0. The van der Waals surface area contributed by atoms with Gasteiger partial charge in [0.1, 0.15) is 5.83 Å². The molecule has 0 aromatic heterocycles. The third-order valence-electron chi connectivity index (χ3n) is 1.90. The van der Waals surface area contributed by atoms with Gasteiger partial charge in [-0.05, 0) is 19.4 Å². The molecule has 0 heterocycles. The Morgan fingerprint density at radius 2 is 1.85 bits per heavy atom. The van der Waals surface area contributed by atoms with Crippen LogP contribution in [0, 0.1) is 0 Å². The summed E-state index contributed by atoms with van der Waals surface area (Å²) in [7, 11) is 0. The van der Waals surface area contributed by atoms with Gasteiger partial charge in [0.15, 0.2) is 0 Å². The van der Waals surface area contributed by atoms with Crippen molar-refractivity contribution >= 4 is 11.4 Å². The van der Waals surface area contributed by atoms with Crippen molar-refractivity contribution in [2.45, 2.75) is 13.8 Å². The zero-order chi connectivity index (χ0) is 9.84. The summed E-state index contributed by atoms with van der Waals surface area (Å²) >= 11 is 0. The smallest absolute Gasteiger partial charge is 0.126 e. The fraction of sp³-hybridized carbons (Fsp3) is 0.167. The second-order valence-corrected chi connectivity index (χ2v) is 2.96. The lowest BCUT2D eigenvalue weighted by molar-refractivity contribution is 0.758. The summed E-state index contributed by atoms with van der Waals surface area (Å²) in [6.45, 7) is 7.37. The van der Waals surface area contributed by atoms with Crippen molar-refractivity contribution in [2.75, 3.05) is 0 Å². The Hall–Kier alpha value is -1.37. The van der Waals surface area contributed by atoms with E-state index < -0.39 is 0 Å². The van der Waals surface area contributed by atoms with Crippen molar-refractivity contribution < 1.29 is 4.39 Å². The van der Waals surface area contributed by atoms with Crippen LogP contribution in [-0.2, 0) is 0 Å². The van der Waals surface area contributed by atoms with E-state index in [1.54, 1.807) is 13.0 Å². The Bertz CT molecular complexity index is 348. The van der Waals surface area contributed by atoms with E-state index in [1.807, 2.05) is 25.1 Å². The Morgan fingerprint density at radius 1 is 1.31 bits per heavy atom. The van der Waals surface area contributed by atoms with Crippen LogP contribution in [0.15, 0.2) is 36.9 Å². The lowest BCUT2D eigenvalue weighted by Crippen LogP contribution is -1.86. The van der Waals surface area contributed by atoms with Gasteiger partial charge in [-0.2, -0.15) is 0 Å². The van der Waals surface area contributed by atoms with Gasteiger partial charge in [0, 0.05) is 5.56 Å². The van der Waals surface area contributed by atoms with Crippen LogP contribution in [-0.4, -0.2) is 0 Å². The van der Waals surface area contributed by atoms with Gasteiger partial charge >= 0.3 is 0 Å². The van der Waals surface area contributed by atoms with Crippen LogP contribution >= 0.6 is 0 Å². The molecule has 0 bridgehead atoms. The molecule has 0 radical (unpaired) electrons. The molecule has 0 unspecified atom stereocenters. The summed E-state index contributed by atoms with van der Waals surface area (Å²) in [5, 5.41) is 0. The van der Waals surface area contributed by atoms with Crippen molar-refractivity contribution in [3.63, 3.8) is 0 Å². The molecule has 13 heavy (non-hydrogen) atoms. The van der Waals surface area contributed by atoms with Gasteiger partial charge in [0.2, 0.25) is 0 Å². The van der Waals surface area contributed by atoms with E-state index in [9.17, 15) is 4.39 Å². The SMILES string of the molecule is C=C(C)c1ccccc1/C(F)=C\C. The van der Waals surface area contributed by atoms with Gasteiger partial charge in [-0.1, -0.05) is 42.5 Å². The number of rotatable bonds is 2. The fourth-order valence-electron chi connectivity index (χ4n) is 1.22. The highest BCUT2D eigenvalue weighted by molar-refractivity contribution is 5.75. The molecule has 0 fully saturated rings. The molecular formula is C12H13F. The lowest BCUT2D eigenvalue weighted by atomic mass is 10.0. The molecule has 0 saturated heterocycles. The van der Waals surface area contributed by atoms with Gasteiger partial charge in [0.25, 0.3) is 0 Å². The van der Waals surface area contributed by atoms with Crippen LogP contribution in [0.1, 0.15) is 25.0 Å². The molecule has 68 valence electrons. The Balaban J connectivity index is 3.28. The van der Waals surface area contributed by atoms with Crippen molar-refractivity contribution in [3.05, 3.63) is 48.0 Å². The lowest BCUT2D eigenvalue weighted by Gasteiger charge is -2.06. The molecule has 0 aliphatic heterocycles. The second-order valence-electron chi connectivity index (χ2n) is 2.96. The third kappa shape index (κ3) is 2.05. The molecule has 0 atom stereocenters. The molecule has 0 amide bonds. The third-order valence-corrected chi connectivity index (χ3v) is 1.90. The Labute approximate surface area is 78.4 Å². The van der Waals surface area contributed by atoms with Gasteiger partial charge in [-0.15, -0.1) is 0 Å². The minimum Gasteiger partial charge on any atom is -0.207 e. The largest absolute Gasteiger partial charge is 0.207 e. The molecule has 1 aromatic rings. The van der Waals surface area contributed by atoms with Crippen molar-refractivity contribution in [1.29, 1.82) is 0 Å². The minimum atomic E-state index is -0.196. The predicted molar refractivity (Wildman–Crippen MR) is 55.9 cm³/mol. The summed E-state index contributed by atoms with van der Waals surface area (Å²) in [6, 6.07) is 7.35. The second kappa shape index (κ2) is 4.04. The molecule has 1 aromatic carbocycles. The zero-order valence-corrected chi connectivity index (χ0v) is 7.97. The van der Waals surface area contributed by atoms with Crippen LogP contribution < -0.4 is 0 Å². The van der Waals surface area contributed by atoms with Crippen molar-refractivity contribution in [1.82, 2.24) is 0 Å². The summed E-state index contributed by atoms with van der Waals surface area (Å²) in [5.41, 5.74) is 2.38. The molecule has 0 aliphatic carbocycles. The quantitative estimate of drug-likeness (QED) is 0.637. The van der Waals surface area contributed by atoms with E-state index in [-0.39, 0.29) is 5.83 Å². The summed E-state index contributed by atoms with van der Waals surface area (Å²) in [4.78, 5) is 0. The first kappa shape index (κ1) is 9.72. The average Bonchev–Trinajstić information content (AvgIpc) is 2.16. The van der Waals surface area contributed by atoms with Crippen LogP contribution in [0.3, 0.4) is 0 Å². The van der Waals surface area contributed by atoms with E-state index >= 15 is 0 Å². The topological polar surface area (TPSA) is 0 Å². The predicted octanol–water partition coefficient (Wildman–Crippen LogP) is 4.05. The fourth-order valence-corrected chi connectivity index (χ4v) is 1.22. The van der Waals surface area contributed by atoms with Gasteiger partial charge in [0.05, 0.1) is 0 Å². The van der Waals surface area contributed by atoms with E-state index in [4.69, 9.17) is 0 Å². The molecule has 1 heteroatoms. The molecule has 0 N–H and O–H groups in total.